The number of carbonyl (C=O) groups excluding carboxylic acids is 1. The van der Waals surface area contributed by atoms with Crippen LogP contribution < -0.4 is 5.32 Å². The van der Waals surface area contributed by atoms with Crippen molar-refractivity contribution in [3.05, 3.63) is 39.4 Å². The Bertz CT molecular complexity index is 633. The normalized spacial score (nSPS) is 10.8. The van der Waals surface area contributed by atoms with Crippen molar-refractivity contribution in [2.45, 2.75) is 13.0 Å². The molecule has 0 aliphatic carbocycles. The molecule has 2 rings (SSSR count). The standard InChI is InChI=1S/C11H8Br2F2N4O/c12-7-4-16-10(9(13)17-7)18-11(20)6-2-1-3-19(6)5-8(14)15/h1-4,8H,5H2,(H,16,18,20). The topological polar surface area (TPSA) is 59.8 Å². The van der Waals surface area contributed by atoms with Gasteiger partial charge in [-0.05, 0) is 44.0 Å². The molecule has 0 atom stereocenters. The quantitative estimate of drug-likeness (QED) is 0.842. The Hall–Kier alpha value is -1.35. The summed E-state index contributed by atoms with van der Waals surface area (Å²) in [4.78, 5) is 20.0. The first kappa shape index (κ1) is 15.0. The Labute approximate surface area is 129 Å². The summed E-state index contributed by atoms with van der Waals surface area (Å²) in [6.07, 6.45) is 0.301. The molecule has 106 valence electrons. The lowest BCUT2D eigenvalue weighted by atomic mass is 10.4. The number of rotatable bonds is 4. The van der Waals surface area contributed by atoms with E-state index in [1.54, 1.807) is 0 Å². The SMILES string of the molecule is O=C(Nc1ncc(Br)nc1Br)c1cccn1CC(F)F. The molecule has 1 N–H and O–H groups in total. The van der Waals surface area contributed by atoms with Crippen LogP contribution in [-0.2, 0) is 6.54 Å². The average Bonchev–Trinajstić information content (AvgIpc) is 2.80. The van der Waals surface area contributed by atoms with E-state index in [1.807, 2.05) is 0 Å². The number of carbonyl (C=O) groups is 1. The van der Waals surface area contributed by atoms with Crippen molar-refractivity contribution < 1.29 is 13.6 Å². The van der Waals surface area contributed by atoms with Crippen LogP contribution in [0, 0.1) is 0 Å². The third kappa shape index (κ3) is 3.60. The Kier molecular flexibility index (Phi) is 4.81. The van der Waals surface area contributed by atoms with E-state index in [-0.39, 0.29) is 11.5 Å². The molecule has 2 aromatic rings. The maximum atomic E-state index is 12.4. The molecule has 2 heterocycles. The minimum Gasteiger partial charge on any atom is -0.338 e. The first-order valence-electron chi connectivity index (χ1n) is 5.40. The second kappa shape index (κ2) is 6.40. The molecule has 0 saturated heterocycles. The molecule has 9 heteroatoms. The fourth-order valence-electron chi connectivity index (χ4n) is 1.53. The minimum atomic E-state index is -2.53. The molecular weight excluding hydrogens is 402 g/mol. The van der Waals surface area contributed by atoms with Gasteiger partial charge in [-0.25, -0.2) is 18.7 Å². The Balaban J connectivity index is 2.18. The molecule has 0 fully saturated rings. The highest BCUT2D eigenvalue weighted by Gasteiger charge is 2.16. The number of hydrogen-bond donors (Lipinski definition) is 1. The number of anilines is 1. The van der Waals surface area contributed by atoms with E-state index in [9.17, 15) is 13.6 Å². The van der Waals surface area contributed by atoms with Gasteiger partial charge in [0, 0.05) is 6.20 Å². The predicted molar refractivity (Wildman–Crippen MR) is 75.8 cm³/mol. The summed E-state index contributed by atoms with van der Waals surface area (Å²) in [5, 5.41) is 2.51. The number of aromatic nitrogens is 3. The summed E-state index contributed by atoms with van der Waals surface area (Å²) >= 11 is 6.29. The summed E-state index contributed by atoms with van der Waals surface area (Å²) < 4.78 is 26.8. The van der Waals surface area contributed by atoms with E-state index in [1.165, 1.54) is 29.1 Å². The highest BCUT2D eigenvalue weighted by molar-refractivity contribution is 9.11. The van der Waals surface area contributed by atoms with E-state index in [0.717, 1.165) is 0 Å². The summed E-state index contributed by atoms with van der Waals surface area (Å²) in [6.45, 7) is -0.539. The molecule has 2 aromatic heterocycles. The third-order valence-corrected chi connectivity index (χ3v) is 3.26. The molecule has 0 unspecified atom stereocenters. The van der Waals surface area contributed by atoms with Gasteiger partial charge in [-0.2, -0.15) is 0 Å². The van der Waals surface area contributed by atoms with E-state index in [0.29, 0.717) is 9.21 Å². The van der Waals surface area contributed by atoms with Gasteiger partial charge in [0.15, 0.2) is 5.82 Å². The zero-order chi connectivity index (χ0) is 14.7. The molecule has 0 saturated carbocycles. The highest BCUT2D eigenvalue weighted by Crippen LogP contribution is 2.20. The number of hydrogen-bond acceptors (Lipinski definition) is 3. The summed E-state index contributed by atoms with van der Waals surface area (Å²) in [6, 6.07) is 2.98. The minimum absolute atomic E-state index is 0.127. The van der Waals surface area contributed by atoms with Gasteiger partial charge in [-0.1, -0.05) is 0 Å². The second-order valence-corrected chi connectivity index (χ2v) is 5.29. The lowest BCUT2D eigenvalue weighted by molar-refractivity contribution is 0.0997. The summed E-state index contributed by atoms with van der Waals surface area (Å²) in [7, 11) is 0. The van der Waals surface area contributed by atoms with Gasteiger partial charge in [0.1, 0.15) is 14.9 Å². The summed E-state index contributed by atoms with van der Waals surface area (Å²) in [5.74, 6) is -0.323. The third-order valence-electron chi connectivity index (χ3n) is 2.33. The molecule has 0 aliphatic rings. The monoisotopic (exact) mass is 408 g/mol. The van der Waals surface area contributed by atoms with Crippen LogP contribution in [0.5, 0.6) is 0 Å². The Morgan fingerprint density at radius 3 is 2.85 bits per heavy atom. The fourth-order valence-corrected chi connectivity index (χ4v) is 2.44. The fraction of sp³-hybridized carbons (Fsp3) is 0.182. The number of amides is 1. The zero-order valence-electron chi connectivity index (χ0n) is 9.86. The molecule has 1 amide bonds. The van der Waals surface area contributed by atoms with Crippen molar-refractivity contribution in [1.29, 1.82) is 0 Å². The van der Waals surface area contributed by atoms with Crippen molar-refractivity contribution in [2.24, 2.45) is 0 Å². The Morgan fingerprint density at radius 2 is 2.20 bits per heavy atom. The van der Waals surface area contributed by atoms with Gasteiger partial charge in [0.25, 0.3) is 12.3 Å². The van der Waals surface area contributed by atoms with Crippen molar-refractivity contribution >= 4 is 43.6 Å². The van der Waals surface area contributed by atoms with Crippen molar-refractivity contribution in [3.63, 3.8) is 0 Å². The maximum Gasteiger partial charge on any atom is 0.273 e. The first-order chi connectivity index (χ1) is 9.47. The molecule has 5 nitrogen and oxygen atoms in total. The van der Waals surface area contributed by atoms with Gasteiger partial charge in [0.2, 0.25) is 0 Å². The van der Waals surface area contributed by atoms with Crippen LogP contribution in [0.4, 0.5) is 14.6 Å². The lowest BCUT2D eigenvalue weighted by Gasteiger charge is -2.09. The van der Waals surface area contributed by atoms with E-state index in [4.69, 9.17) is 0 Å². The van der Waals surface area contributed by atoms with Gasteiger partial charge in [0.05, 0.1) is 12.7 Å². The van der Waals surface area contributed by atoms with Crippen molar-refractivity contribution in [3.8, 4) is 0 Å². The molecule has 0 radical (unpaired) electrons. The van der Waals surface area contributed by atoms with Crippen molar-refractivity contribution in [2.75, 3.05) is 5.32 Å². The van der Waals surface area contributed by atoms with Gasteiger partial charge < -0.3 is 9.88 Å². The lowest BCUT2D eigenvalue weighted by Crippen LogP contribution is -2.19. The van der Waals surface area contributed by atoms with Gasteiger partial charge in [-0.15, -0.1) is 0 Å². The van der Waals surface area contributed by atoms with Crippen molar-refractivity contribution in [1.82, 2.24) is 14.5 Å². The molecule has 0 aromatic carbocycles. The van der Waals surface area contributed by atoms with Crippen LogP contribution in [0.1, 0.15) is 10.5 Å². The van der Waals surface area contributed by atoms with Crippen LogP contribution in [0.2, 0.25) is 0 Å². The van der Waals surface area contributed by atoms with Gasteiger partial charge >= 0.3 is 0 Å². The molecule has 0 bridgehead atoms. The van der Waals surface area contributed by atoms with Crippen LogP contribution in [0.15, 0.2) is 33.7 Å². The van der Waals surface area contributed by atoms with Crippen LogP contribution >= 0.6 is 31.9 Å². The van der Waals surface area contributed by atoms with Crippen LogP contribution in [0.3, 0.4) is 0 Å². The Morgan fingerprint density at radius 1 is 1.45 bits per heavy atom. The highest BCUT2D eigenvalue weighted by atomic mass is 79.9. The summed E-state index contributed by atoms with van der Waals surface area (Å²) in [5.41, 5.74) is 0.127. The largest absolute Gasteiger partial charge is 0.338 e. The molecule has 0 aliphatic heterocycles. The number of alkyl halides is 2. The van der Waals surface area contributed by atoms with E-state index < -0.39 is 18.9 Å². The maximum absolute atomic E-state index is 12.4. The van der Waals surface area contributed by atoms with Crippen LogP contribution in [-0.4, -0.2) is 26.9 Å². The number of nitrogens with zero attached hydrogens (tertiary/aromatic N) is 3. The predicted octanol–water partition coefficient (Wildman–Crippen LogP) is 3.32. The van der Waals surface area contributed by atoms with Crippen LogP contribution in [0.25, 0.3) is 0 Å². The van der Waals surface area contributed by atoms with E-state index in [2.05, 4.69) is 47.1 Å². The zero-order valence-corrected chi connectivity index (χ0v) is 13.0. The first-order valence-corrected chi connectivity index (χ1v) is 6.98. The number of halogens is 4. The average molecular weight is 410 g/mol. The molecular formula is C11H8Br2F2N4O. The molecule has 0 spiro atoms. The second-order valence-electron chi connectivity index (χ2n) is 3.72. The smallest absolute Gasteiger partial charge is 0.273 e. The number of nitrogens with one attached hydrogen (secondary N) is 1. The molecule has 20 heavy (non-hydrogen) atoms. The van der Waals surface area contributed by atoms with E-state index >= 15 is 0 Å². The van der Waals surface area contributed by atoms with Gasteiger partial charge in [-0.3, -0.25) is 4.79 Å².